The summed E-state index contributed by atoms with van der Waals surface area (Å²) >= 11 is 2.94. The zero-order chi connectivity index (χ0) is 19.8. The molecule has 0 bridgehead atoms. The molecule has 3 heterocycles. The van der Waals surface area contributed by atoms with Gasteiger partial charge < -0.3 is 10.7 Å². The number of nitrogens with two attached hydrogens (primary N) is 1. The van der Waals surface area contributed by atoms with E-state index in [9.17, 15) is 4.79 Å². The molecule has 1 aromatic carbocycles. The minimum Gasteiger partial charge on any atom is -0.384 e. The van der Waals surface area contributed by atoms with Crippen LogP contribution in [-0.4, -0.2) is 19.9 Å². The van der Waals surface area contributed by atoms with Crippen LogP contribution in [0.15, 0.2) is 40.3 Å². The van der Waals surface area contributed by atoms with Crippen molar-refractivity contribution < 1.29 is 0 Å². The van der Waals surface area contributed by atoms with Crippen LogP contribution in [0.25, 0.3) is 21.3 Å². The lowest BCUT2D eigenvalue weighted by Crippen LogP contribution is -2.11. The molecular weight excluding hydrogens is 390 g/mol. The number of anilines is 1. The molecule has 4 rings (SSSR count). The van der Waals surface area contributed by atoms with Crippen molar-refractivity contribution in [3.8, 4) is 11.1 Å². The van der Waals surface area contributed by atoms with Gasteiger partial charge in [-0.1, -0.05) is 41.6 Å². The minimum absolute atomic E-state index is 0.120. The number of hydrogen-bond acceptors (Lipinski definition) is 7. The fourth-order valence-corrected chi connectivity index (χ4v) is 4.91. The van der Waals surface area contributed by atoms with Gasteiger partial charge in [0, 0.05) is 22.2 Å². The second-order valence-corrected chi connectivity index (χ2v) is 8.74. The second-order valence-electron chi connectivity index (χ2n) is 6.60. The Balaban J connectivity index is 1.69. The van der Waals surface area contributed by atoms with E-state index in [0.717, 1.165) is 26.5 Å². The molecule has 8 heteroatoms. The number of H-pyrrole nitrogens is 1. The Hall–Kier alpha value is -2.71. The van der Waals surface area contributed by atoms with E-state index in [1.165, 1.54) is 17.3 Å². The number of aromatic amines is 1. The van der Waals surface area contributed by atoms with Crippen molar-refractivity contribution in [3.05, 3.63) is 62.6 Å². The quantitative estimate of drug-likeness (QED) is 0.386. The Kier molecular flexibility index (Phi) is 4.91. The van der Waals surface area contributed by atoms with Gasteiger partial charge in [-0.25, -0.2) is 15.0 Å². The van der Waals surface area contributed by atoms with Crippen molar-refractivity contribution in [1.29, 1.82) is 0 Å². The van der Waals surface area contributed by atoms with Crippen LogP contribution in [-0.2, 0) is 5.75 Å². The molecule has 3 aromatic heterocycles. The number of thioether (sulfide) groups is 1. The Morgan fingerprint density at radius 3 is 2.57 bits per heavy atom. The van der Waals surface area contributed by atoms with Crippen LogP contribution in [0.5, 0.6) is 0 Å². The summed E-state index contributed by atoms with van der Waals surface area (Å²) < 4.78 is 0. The zero-order valence-corrected chi connectivity index (χ0v) is 17.4. The van der Waals surface area contributed by atoms with E-state index in [0.29, 0.717) is 27.9 Å². The van der Waals surface area contributed by atoms with Gasteiger partial charge in [0.1, 0.15) is 16.5 Å². The molecule has 0 spiro atoms. The van der Waals surface area contributed by atoms with E-state index in [4.69, 9.17) is 5.73 Å². The number of nitrogens with zero attached hydrogens (tertiary/aromatic N) is 3. The van der Waals surface area contributed by atoms with Crippen LogP contribution in [0, 0.1) is 20.8 Å². The molecule has 142 valence electrons. The number of rotatable bonds is 4. The van der Waals surface area contributed by atoms with Crippen LogP contribution in [0.2, 0.25) is 0 Å². The first kappa shape index (κ1) is 18.6. The van der Waals surface area contributed by atoms with Crippen LogP contribution in [0.1, 0.15) is 22.0 Å². The van der Waals surface area contributed by atoms with Gasteiger partial charge in [0.15, 0.2) is 5.16 Å². The standard InChI is InChI=1S/C20H19N5OS2/c1-10-4-6-13(7-5-10)16-12(3)28-19-17(16)18(26)24-15(25-19)9-27-20-22-11(2)8-14(21)23-20/h4-8H,9H2,1-3H3,(H2,21,22,23)(H,24,25,26). The molecule has 0 unspecified atom stereocenters. The number of nitrogen functional groups attached to an aromatic ring is 1. The largest absolute Gasteiger partial charge is 0.384 e. The maximum Gasteiger partial charge on any atom is 0.260 e. The molecule has 0 saturated heterocycles. The van der Waals surface area contributed by atoms with E-state index < -0.39 is 0 Å². The van der Waals surface area contributed by atoms with Gasteiger partial charge >= 0.3 is 0 Å². The summed E-state index contributed by atoms with van der Waals surface area (Å²) in [6, 6.07) is 9.92. The van der Waals surface area contributed by atoms with Crippen LogP contribution in [0.3, 0.4) is 0 Å². The maximum absolute atomic E-state index is 12.8. The number of nitrogens with one attached hydrogen (secondary N) is 1. The number of aryl methyl sites for hydroxylation is 3. The van der Waals surface area contributed by atoms with Crippen LogP contribution < -0.4 is 11.3 Å². The van der Waals surface area contributed by atoms with Crippen molar-refractivity contribution in [1.82, 2.24) is 19.9 Å². The highest BCUT2D eigenvalue weighted by Crippen LogP contribution is 2.35. The molecule has 0 aliphatic heterocycles. The molecule has 0 atom stereocenters. The molecule has 0 aliphatic carbocycles. The predicted octanol–water partition coefficient (Wildman–Crippen LogP) is 4.24. The van der Waals surface area contributed by atoms with E-state index in [2.05, 4.69) is 32.1 Å². The van der Waals surface area contributed by atoms with Gasteiger partial charge in [-0.2, -0.15) is 0 Å². The third kappa shape index (κ3) is 3.65. The summed E-state index contributed by atoms with van der Waals surface area (Å²) in [5, 5.41) is 1.22. The monoisotopic (exact) mass is 409 g/mol. The topological polar surface area (TPSA) is 97.5 Å². The molecule has 0 fully saturated rings. The number of aromatic nitrogens is 4. The lowest BCUT2D eigenvalue weighted by atomic mass is 10.0. The predicted molar refractivity (Wildman–Crippen MR) is 116 cm³/mol. The lowest BCUT2D eigenvalue weighted by molar-refractivity contribution is 0.935. The van der Waals surface area contributed by atoms with Gasteiger partial charge in [0.05, 0.1) is 11.1 Å². The number of hydrogen-bond donors (Lipinski definition) is 2. The van der Waals surface area contributed by atoms with E-state index in [1.807, 2.05) is 32.9 Å². The molecule has 0 radical (unpaired) electrons. The van der Waals surface area contributed by atoms with Gasteiger partial charge in [-0.15, -0.1) is 11.3 Å². The van der Waals surface area contributed by atoms with E-state index in [-0.39, 0.29) is 5.56 Å². The third-order valence-corrected chi connectivity index (χ3v) is 6.18. The summed E-state index contributed by atoms with van der Waals surface area (Å²) in [5.74, 6) is 1.50. The molecular formula is C20H19N5OS2. The Morgan fingerprint density at radius 1 is 1.11 bits per heavy atom. The average molecular weight is 410 g/mol. The molecule has 0 saturated carbocycles. The molecule has 28 heavy (non-hydrogen) atoms. The highest BCUT2D eigenvalue weighted by Gasteiger charge is 2.17. The molecule has 0 amide bonds. The first-order valence-corrected chi connectivity index (χ1v) is 10.5. The zero-order valence-electron chi connectivity index (χ0n) is 15.7. The van der Waals surface area contributed by atoms with Crippen molar-refractivity contribution in [2.45, 2.75) is 31.7 Å². The van der Waals surface area contributed by atoms with Crippen molar-refractivity contribution in [3.63, 3.8) is 0 Å². The molecule has 3 N–H and O–H groups in total. The van der Waals surface area contributed by atoms with Gasteiger partial charge in [-0.05, 0) is 26.3 Å². The first-order chi connectivity index (χ1) is 13.4. The number of benzene rings is 1. The van der Waals surface area contributed by atoms with Gasteiger partial charge in [0.2, 0.25) is 0 Å². The number of fused-ring (bicyclic) bond motifs is 1. The Bertz CT molecular complexity index is 1210. The van der Waals surface area contributed by atoms with E-state index >= 15 is 0 Å². The molecule has 4 aromatic rings. The van der Waals surface area contributed by atoms with Gasteiger partial charge in [0.25, 0.3) is 5.56 Å². The Labute approximate surface area is 170 Å². The first-order valence-electron chi connectivity index (χ1n) is 8.74. The minimum atomic E-state index is -0.120. The van der Waals surface area contributed by atoms with E-state index in [1.54, 1.807) is 17.4 Å². The van der Waals surface area contributed by atoms with Crippen LogP contribution in [0.4, 0.5) is 5.82 Å². The van der Waals surface area contributed by atoms with Crippen molar-refractivity contribution in [2.75, 3.05) is 5.73 Å². The summed E-state index contributed by atoms with van der Waals surface area (Å²) in [7, 11) is 0. The summed E-state index contributed by atoms with van der Waals surface area (Å²) in [5.41, 5.74) is 9.65. The smallest absolute Gasteiger partial charge is 0.260 e. The van der Waals surface area contributed by atoms with Crippen molar-refractivity contribution >= 4 is 39.1 Å². The highest BCUT2D eigenvalue weighted by atomic mass is 32.2. The second kappa shape index (κ2) is 7.37. The normalized spacial score (nSPS) is 11.2. The molecule has 0 aliphatic rings. The molecule has 6 nitrogen and oxygen atoms in total. The lowest BCUT2D eigenvalue weighted by Gasteiger charge is -2.04. The summed E-state index contributed by atoms with van der Waals surface area (Å²) in [6.07, 6.45) is 0. The third-order valence-electron chi connectivity index (χ3n) is 4.32. The number of thiophene rings is 1. The van der Waals surface area contributed by atoms with Crippen LogP contribution >= 0.6 is 23.1 Å². The average Bonchev–Trinajstić information content (AvgIpc) is 2.96. The highest BCUT2D eigenvalue weighted by molar-refractivity contribution is 7.98. The fourth-order valence-electron chi connectivity index (χ4n) is 3.06. The van der Waals surface area contributed by atoms with Gasteiger partial charge in [-0.3, -0.25) is 4.79 Å². The fraction of sp³-hybridized carbons (Fsp3) is 0.200. The van der Waals surface area contributed by atoms with Crippen molar-refractivity contribution in [2.24, 2.45) is 0 Å². The maximum atomic E-state index is 12.8. The summed E-state index contributed by atoms with van der Waals surface area (Å²) in [4.78, 5) is 30.8. The Morgan fingerprint density at radius 2 is 1.86 bits per heavy atom. The summed E-state index contributed by atoms with van der Waals surface area (Å²) in [6.45, 7) is 5.94. The SMILES string of the molecule is Cc1ccc(-c2c(C)sc3nc(CSc4nc(C)cc(N)n4)[nH]c(=O)c23)cc1.